The molecule has 174 valence electrons. The summed E-state index contributed by atoms with van der Waals surface area (Å²) in [6.45, 7) is 2.68. The number of fused-ring (bicyclic) bond motifs is 4. The second-order valence-corrected chi connectivity index (χ2v) is 7.90. The van der Waals surface area contributed by atoms with Gasteiger partial charge >= 0.3 is 0 Å². The number of benzene rings is 1. The molecule has 34 heavy (non-hydrogen) atoms. The van der Waals surface area contributed by atoms with Crippen molar-refractivity contribution in [3.8, 4) is 5.95 Å². The van der Waals surface area contributed by atoms with Gasteiger partial charge in [0.15, 0.2) is 11.6 Å². The third-order valence-electron chi connectivity index (χ3n) is 5.82. The molecule has 2 aliphatic rings. The van der Waals surface area contributed by atoms with Crippen LogP contribution in [0.15, 0.2) is 34.9 Å². The van der Waals surface area contributed by atoms with E-state index < -0.39 is 18.3 Å². The van der Waals surface area contributed by atoms with Crippen molar-refractivity contribution in [3.63, 3.8) is 0 Å². The molecule has 4 aromatic rings. The fourth-order valence-corrected chi connectivity index (χ4v) is 4.33. The first-order valence-corrected chi connectivity index (χ1v) is 10.6. The molecule has 0 radical (unpaired) electrons. The van der Waals surface area contributed by atoms with Gasteiger partial charge in [0.05, 0.1) is 30.4 Å². The lowest BCUT2D eigenvalue weighted by atomic mass is 10.1. The van der Waals surface area contributed by atoms with Crippen LogP contribution in [-0.4, -0.2) is 61.4 Å². The van der Waals surface area contributed by atoms with E-state index in [1.807, 2.05) is 4.90 Å². The van der Waals surface area contributed by atoms with E-state index in [-0.39, 0.29) is 30.9 Å². The summed E-state index contributed by atoms with van der Waals surface area (Å²) in [5, 5.41) is 7.80. The largest absolute Gasteiger partial charge is 0.424 e. The van der Waals surface area contributed by atoms with E-state index in [1.54, 1.807) is 31.2 Å². The topological polar surface area (TPSA) is 115 Å². The highest BCUT2D eigenvalue weighted by Crippen LogP contribution is 2.37. The third-order valence-corrected chi connectivity index (χ3v) is 5.82. The van der Waals surface area contributed by atoms with Gasteiger partial charge in [-0.3, -0.25) is 14.3 Å². The summed E-state index contributed by atoms with van der Waals surface area (Å²) >= 11 is 0. The lowest BCUT2D eigenvalue weighted by Gasteiger charge is -2.43. The number of hydrogen-bond donors (Lipinski definition) is 0. The molecule has 1 amide bonds. The van der Waals surface area contributed by atoms with Crippen molar-refractivity contribution < 1.29 is 22.7 Å². The van der Waals surface area contributed by atoms with Gasteiger partial charge in [0.1, 0.15) is 18.3 Å². The molecule has 6 rings (SSSR count). The molecule has 1 aromatic carbocycles. The average molecular weight is 468 g/mol. The van der Waals surface area contributed by atoms with Crippen LogP contribution in [-0.2, 0) is 16.1 Å². The minimum absolute atomic E-state index is 0.0238. The molecule has 13 heteroatoms. The predicted octanol–water partition coefficient (Wildman–Crippen LogP) is 2.20. The van der Waals surface area contributed by atoms with Gasteiger partial charge in [-0.1, -0.05) is 12.1 Å². The normalized spacial score (nSPS) is 18.0. The van der Waals surface area contributed by atoms with Crippen molar-refractivity contribution in [1.82, 2.24) is 29.7 Å². The quantitative estimate of drug-likeness (QED) is 0.444. The maximum Gasteiger partial charge on any atom is 0.296 e. The van der Waals surface area contributed by atoms with Gasteiger partial charge < -0.3 is 14.1 Å². The number of amides is 1. The van der Waals surface area contributed by atoms with E-state index in [2.05, 4.69) is 25.1 Å². The zero-order valence-electron chi connectivity index (χ0n) is 17.9. The van der Waals surface area contributed by atoms with Crippen LogP contribution in [0.4, 0.5) is 20.3 Å². The zero-order valence-corrected chi connectivity index (χ0v) is 17.9. The van der Waals surface area contributed by atoms with Crippen molar-refractivity contribution in [2.75, 3.05) is 29.6 Å². The van der Waals surface area contributed by atoms with Crippen molar-refractivity contribution in [3.05, 3.63) is 48.1 Å². The van der Waals surface area contributed by atoms with E-state index >= 15 is 0 Å². The number of carbonyl (C=O) groups excluding carboxylic acids is 1. The molecule has 0 bridgehead atoms. The number of halogens is 2. The molecular formula is C21H18F2N8O3. The Morgan fingerprint density at radius 3 is 2.85 bits per heavy atom. The van der Waals surface area contributed by atoms with Crippen LogP contribution in [0.3, 0.4) is 0 Å². The molecule has 1 fully saturated rings. The molecule has 0 spiro atoms. The molecule has 5 heterocycles. The summed E-state index contributed by atoms with van der Waals surface area (Å²) in [6.07, 6.45) is -1.38. The van der Waals surface area contributed by atoms with Gasteiger partial charge in [-0.25, -0.2) is 18.7 Å². The van der Waals surface area contributed by atoms with Gasteiger partial charge in [-0.05, 0) is 12.1 Å². The first-order chi connectivity index (χ1) is 16.5. The fraction of sp³-hybridized carbons (Fsp3) is 0.333. The Balaban J connectivity index is 1.51. The molecule has 0 N–H and O–H groups in total. The minimum atomic E-state index is -2.83. The number of imidazole rings is 1. The second-order valence-electron chi connectivity index (χ2n) is 7.90. The minimum Gasteiger partial charge on any atom is -0.424 e. The number of alkyl halides is 2. The van der Waals surface area contributed by atoms with Gasteiger partial charge in [0.25, 0.3) is 12.3 Å². The van der Waals surface area contributed by atoms with Crippen molar-refractivity contribution >= 4 is 28.4 Å². The van der Waals surface area contributed by atoms with E-state index in [1.165, 1.54) is 15.7 Å². The van der Waals surface area contributed by atoms with Crippen molar-refractivity contribution in [2.24, 2.45) is 0 Å². The van der Waals surface area contributed by atoms with Gasteiger partial charge in [0, 0.05) is 13.5 Å². The van der Waals surface area contributed by atoms with E-state index in [0.717, 1.165) is 0 Å². The SMILES string of the molecule is Cc1nnc(CN2C(=O)C3COCCN3c3nc(-n4c(C(F)F)nc5ccccc54)ncc32)o1. The van der Waals surface area contributed by atoms with Gasteiger partial charge in [-0.2, -0.15) is 4.98 Å². The monoisotopic (exact) mass is 468 g/mol. The highest BCUT2D eigenvalue weighted by Gasteiger charge is 2.42. The maximum absolute atomic E-state index is 13.9. The number of morpholine rings is 1. The highest BCUT2D eigenvalue weighted by atomic mass is 19.3. The summed E-state index contributed by atoms with van der Waals surface area (Å²) < 4.78 is 40.0. The van der Waals surface area contributed by atoms with E-state index in [4.69, 9.17) is 9.15 Å². The Morgan fingerprint density at radius 2 is 2.06 bits per heavy atom. The predicted molar refractivity (Wildman–Crippen MR) is 114 cm³/mol. The van der Waals surface area contributed by atoms with E-state index in [9.17, 15) is 13.6 Å². The lowest BCUT2D eigenvalue weighted by molar-refractivity contribution is -0.122. The molecule has 1 saturated heterocycles. The summed E-state index contributed by atoms with van der Waals surface area (Å²) in [4.78, 5) is 29.7. The smallest absolute Gasteiger partial charge is 0.296 e. The number of rotatable bonds is 4. The summed E-state index contributed by atoms with van der Waals surface area (Å²) in [5.74, 6) is 0.431. The molecule has 0 saturated carbocycles. The van der Waals surface area contributed by atoms with Crippen LogP contribution in [0, 0.1) is 6.92 Å². The first-order valence-electron chi connectivity index (χ1n) is 10.6. The zero-order chi connectivity index (χ0) is 23.4. The van der Waals surface area contributed by atoms with Crippen LogP contribution in [0.25, 0.3) is 17.0 Å². The van der Waals surface area contributed by atoms with Crippen molar-refractivity contribution in [2.45, 2.75) is 25.9 Å². The van der Waals surface area contributed by atoms with Crippen molar-refractivity contribution in [1.29, 1.82) is 0 Å². The standard InChI is InChI=1S/C21H18F2N8O3/c1-11-27-28-16(34-11)9-30-14-8-24-21(26-18(14)29-6-7-33-10-15(29)20(30)32)31-13-5-3-2-4-12(13)25-19(31)17(22)23/h2-5,8,15,17H,6-7,9-10H2,1H3. The Bertz CT molecular complexity index is 1400. The highest BCUT2D eigenvalue weighted by molar-refractivity contribution is 6.04. The fourth-order valence-electron chi connectivity index (χ4n) is 4.33. The number of para-hydroxylation sites is 2. The Kier molecular flexibility index (Phi) is 4.72. The van der Waals surface area contributed by atoms with Crippen LogP contribution in [0.1, 0.15) is 24.0 Å². The number of hydrogen-bond acceptors (Lipinski definition) is 9. The maximum atomic E-state index is 13.9. The Labute approximate surface area is 191 Å². The molecule has 0 aliphatic carbocycles. The van der Waals surface area contributed by atoms with Gasteiger partial charge in [-0.15, -0.1) is 10.2 Å². The number of ether oxygens (including phenoxy) is 1. The first kappa shape index (κ1) is 20.6. The number of nitrogens with zero attached hydrogens (tertiary/aromatic N) is 8. The van der Waals surface area contributed by atoms with Crippen LogP contribution >= 0.6 is 0 Å². The lowest BCUT2D eigenvalue weighted by Crippen LogP contribution is -2.59. The molecule has 11 nitrogen and oxygen atoms in total. The molecule has 1 unspecified atom stereocenters. The second kappa shape index (κ2) is 7.80. The van der Waals surface area contributed by atoms with Crippen LogP contribution in [0.5, 0.6) is 0 Å². The number of carbonyl (C=O) groups is 1. The number of aryl methyl sites for hydroxylation is 1. The number of aromatic nitrogens is 6. The Hall–Kier alpha value is -4.00. The molecule has 2 aliphatic heterocycles. The van der Waals surface area contributed by atoms with Gasteiger partial charge in [0.2, 0.25) is 17.7 Å². The van der Waals surface area contributed by atoms with Crippen LogP contribution in [0.2, 0.25) is 0 Å². The van der Waals surface area contributed by atoms with E-state index in [0.29, 0.717) is 41.6 Å². The average Bonchev–Trinajstić information content (AvgIpc) is 3.45. The molecule has 1 atom stereocenters. The summed E-state index contributed by atoms with van der Waals surface area (Å²) in [5.41, 5.74) is 1.29. The summed E-state index contributed by atoms with van der Waals surface area (Å²) in [6, 6.07) is 6.17. The number of anilines is 2. The molecular weight excluding hydrogens is 450 g/mol. The Morgan fingerprint density at radius 1 is 1.21 bits per heavy atom. The molecule has 3 aromatic heterocycles. The third kappa shape index (κ3) is 3.19. The summed E-state index contributed by atoms with van der Waals surface area (Å²) in [7, 11) is 0. The van der Waals surface area contributed by atoms with Crippen LogP contribution < -0.4 is 9.80 Å².